The molecule has 1 atom stereocenters. The number of likely N-dealkylation sites (N-methyl/N-ethyl adjacent to an activating group) is 1. The zero-order chi connectivity index (χ0) is 23.4. The Morgan fingerprint density at radius 3 is 2.59 bits per heavy atom. The molecule has 2 heterocycles. The number of nitrogens with one attached hydrogen (secondary N) is 2. The van der Waals surface area contributed by atoms with E-state index in [2.05, 4.69) is 39.8 Å². The van der Waals surface area contributed by atoms with Gasteiger partial charge in [0.2, 0.25) is 0 Å². The van der Waals surface area contributed by atoms with Crippen molar-refractivity contribution < 1.29 is 14.0 Å². The SMILES string of the molecule is CN(C(=O)C1=CSC(NC(=O)c2ccc(F)c(Cl)c2)N1)C1CCN(Cc2ccccc2)CC1.Cl. The van der Waals surface area contributed by atoms with Gasteiger partial charge in [-0.2, -0.15) is 0 Å². The number of nitrogens with zero attached hydrogens (tertiary/aromatic N) is 2. The first-order valence-corrected chi connectivity index (χ1v) is 12.1. The molecule has 0 saturated carbocycles. The van der Waals surface area contributed by atoms with Crippen molar-refractivity contribution in [3.05, 3.63) is 81.6 Å². The number of thioether (sulfide) groups is 1. The molecule has 2 aliphatic heterocycles. The molecule has 2 N–H and O–H groups in total. The van der Waals surface area contributed by atoms with Gasteiger partial charge in [-0.05, 0) is 36.6 Å². The van der Waals surface area contributed by atoms with Gasteiger partial charge in [-0.15, -0.1) is 12.4 Å². The molecule has 1 saturated heterocycles. The van der Waals surface area contributed by atoms with Crippen molar-refractivity contribution in [3.8, 4) is 0 Å². The summed E-state index contributed by atoms with van der Waals surface area (Å²) in [5.41, 5.74) is 1.52. The Morgan fingerprint density at radius 2 is 1.91 bits per heavy atom. The zero-order valence-electron chi connectivity index (χ0n) is 18.7. The topological polar surface area (TPSA) is 64.7 Å². The number of likely N-dealkylation sites (tertiary alicyclic amines) is 1. The van der Waals surface area contributed by atoms with Gasteiger partial charge in [-0.25, -0.2) is 4.39 Å². The van der Waals surface area contributed by atoms with Crippen LogP contribution in [0.2, 0.25) is 5.02 Å². The molecular formula is C24H27Cl2FN4O2S. The lowest BCUT2D eigenvalue weighted by Gasteiger charge is -2.37. The fourth-order valence-electron chi connectivity index (χ4n) is 4.03. The molecule has 1 unspecified atom stereocenters. The van der Waals surface area contributed by atoms with Crippen molar-refractivity contribution in [3.63, 3.8) is 0 Å². The predicted octanol–water partition coefficient (Wildman–Crippen LogP) is 4.22. The molecule has 2 aromatic rings. The monoisotopic (exact) mass is 524 g/mol. The number of piperidine rings is 1. The molecule has 34 heavy (non-hydrogen) atoms. The summed E-state index contributed by atoms with van der Waals surface area (Å²) in [6.07, 6.45) is 1.84. The van der Waals surface area contributed by atoms with E-state index in [9.17, 15) is 14.0 Å². The van der Waals surface area contributed by atoms with Crippen LogP contribution in [0.5, 0.6) is 0 Å². The molecule has 0 aliphatic carbocycles. The van der Waals surface area contributed by atoms with Crippen LogP contribution in [-0.2, 0) is 11.3 Å². The van der Waals surface area contributed by atoms with Crippen molar-refractivity contribution in [1.29, 1.82) is 0 Å². The minimum absolute atomic E-state index is 0. The maximum absolute atomic E-state index is 13.3. The third-order valence-electron chi connectivity index (χ3n) is 5.96. The summed E-state index contributed by atoms with van der Waals surface area (Å²) in [5, 5.41) is 7.46. The molecule has 4 rings (SSSR count). The van der Waals surface area contributed by atoms with E-state index in [1.165, 1.54) is 29.5 Å². The fourth-order valence-corrected chi connectivity index (χ4v) is 5.02. The Balaban J connectivity index is 0.00000324. The first-order chi connectivity index (χ1) is 15.9. The van der Waals surface area contributed by atoms with Gasteiger partial charge in [0.25, 0.3) is 11.8 Å². The van der Waals surface area contributed by atoms with Crippen LogP contribution in [-0.4, -0.2) is 53.3 Å². The average molecular weight is 525 g/mol. The molecule has 10 heteroatoms. The van der Waals surface area contributed by atoms with Crippen LogP contribution in [0.15, 0.2) is 59.6 Å². The zero-order valence-corrected chi connectivity index (χ0v) is 21.1. The van der Waals surface area contributed by atoms with Gasteiger partial charge >= 0.3 is 0 Å². The molecule has 0 spiro atoms. The second-order valence-electron chi connectivity index (χ2n) is 8.20. The number of hydrogen-bond donors (Lipinski definition) is 2. The molecule has 182 valence electrons. The summed E-state index contributed by atoms with van der Waals surface area (Å²) >= 11 is 7.06. The van der Waals surface area contributed by atoms with Crippen molar-refractivity contribution >= 4 is 47.6 Å². The molecule has 0 bridgehead atoms. The van der Waals surface area contributed by atoms with Crippen molar-refractivity contribution in [2.75, 3.05) is 20.1 Å². The largest absolute Gasteiger partial charge is 0.352 e. The Kier molecular flexibility index (Phi) is 9.24. The Hall–Kier alpha value is -2.26. The van der Waals surface area contributed by atoms with E-state index in [1.54, 1.807) is 10.3 Å². The number of carbonyl (C=O) groups excluding carboxylic acids is 2. The third kappa shape index (κ3) is 6.44. The number of benzene rings is 2. The molecular weight excluding hydrogens is 498 g/mol. The normalized spacial score (nSPS) is 18.4. The Labute approximate surface area is 214 Å². The molecule has 2 aromatic carbocycles. The predicted molar refractivity (Wildman–Crippen MR) is 136 cm³/mol. The van der Waals surface area contributed by atoms with Crippen LogP contribution in [0, 0.1) is 5.82 Å². The highest BCUT2D eigenvalue weighted by Crippen LogP contribution is 2.24. The van der Waals surface area contributed by atoms with Crippen LogP contribution in [0.3, 0.4) is 0 Å². The maximum atomic E-state index is 13.3. The lowest BCUT2D eigenvalue weighted by atomic mass is 10.0. The number of carbonyl (C=O) groups is 2. The standard InChI is InChI=1S/C24H26ClFN4O2S.ClH/c1-29(18-9-11-30(12-10-18)14-16-5-3-2-4-6-16)23(32)21-15-33-24(27-21)28-22(31)17-7-8-20(26)19(25)13-17;/h2-8,13,15,18,24,27H,9-12,14H2,1H3,(H,28,31);1H. The molecule has 1 fully saturated rings. The Bertz CT molecular complexity index is 1050. The first-order valence-electron chi connectivity index (χ1n) is 10.8. The van der Waals surface area contributed by atoms with E-state index in [4.69, 9.17) is 11.6 Å². The number of rotatable bonds is 6. The van der Waals surface area contributed by atoms with E-state index in [-0.39, 0.29) is 34.9 Å². The van der Waals surface area contributed by atoms with E-state index in [0.717, 1.165) is 38.5 Å². The van der Waals surface area contributed by atoms with Gasteiger partial charge in [-0.3, -0.25) is 14.5 Å². The highest BCUT2D eigenvalue weighted by atomic mass is 35.5. The third-order valence-corrected chi connectivity index (χ3v) is 7.13. The number of hydrogen-bond acceptors (Lipinski definition) is 5. The first kappa shape index (κ1) is 26.3. The van der Waals surface area contributed by atoms with E-state index in [0.29, 0.717) is 5.70 Å². The highest BCUT2D eigenvalue weighted by molar-refractivity contribution is 8.03. The average Bonchev–Trinajstić information content (AvgIpc) is 3.29. The summed E-state index contributed by atoms with van der Waals surface area (Å²) in [4.78, 5) is 29.6. The minimum atomic E-state index is -0.579. The van der Waals surface area contributed by atoms with Gasteiger partial charge < -0.3 is 15.5 Å². The highest BCUT2D eigenvalue weighted by Gasteiger charge is 2.30. The van der Waals surface area contributed by atoms with Crippen LogP contribution >= 0.6 is 35.8 Å². The van der Waals surface area contributed by atoms with Gasteiger partial charge in [0.1, 0.15) is 11.5 Å². The van der Waals surface area contributed by atoms with Gasteiger partial charge in [0.05, 0.1) is 5.02 Å². The van der Waals surface area contributed by atoms with Crippen LogP contribution < -0.4 is 10.6 Å². The van der Waals surface area contributed by atoms with Gasteiger partial charge in [0.15, 0.2) is 5.50 Å². The second kappa shape index (κ2) is 11.9. The van der Waals surface area contributed by atoms with E-state index in [1.807, 2.05) is 13.1 Å². The van der Waals surface area contributed by atoms with Crippen LogP contribution in [0.1, 0.15) is 28.8 Å². The van der Waals surface area contributed by atoms with E-state index >= 15 is 0 Å². The summed E-state index contributed by atoms with van der Waals surface area (Å²) in [7, 11) is 1.83. The van der Waals surface area contributed by atoms with Gasteiger partial charge in [0, 0.05) is 43.7 Å². The second-order valence-corrected chi connectivity index (χ2v) is 9.59. The quantitative estimate of drug-likeness (QED) is 0.592. The lowest BCUT2D eigenvalue weighted by molar-refractivity contribution is -0.129. The number of halogens is 3. The molecule has 0 aromatic heterocycles. The fraction of sp³-hybridized carbons (Fsp3) is 0.333. The summed E-state index contributed by atoms with van der Waals surface area (Å²) in [6, 6.07) is 14.4. The number of amides is 2. The minimum Gasteiger partial charge on any atom is -0.352 e. The van der Waals surface area contributed by atoms with Crippen molar-refractivity contribution in [2.24, 2.45) is 0 Å². The van der Waals surface area contributed by atoms with Crippen molar-refractivity contribution in [2.45, 2.75) is 30.9 Å². The smallest absolute Gasteiger partial charge is 0.270 e. The van der Waals surface area contributed by atoms with Crippen molar-refractivity contribution in [1.82, 2.24) is 20.4 Å². The molecule has 2 aliphatic rings. The summed E-state index contributed by atoms with van der Waals surface area (Å²) in [5.74, 6) is -1.07. The maximum Gasteiger partial charge on any atom is 0.270 e. The molecule has 6 nitrogen and oxygen atoms in total. The van der Waals surface area contributed by atoms with Gasteiger partial charge in [-0.1, -0.05) is 53.7 Å². The Morgan fingerprint density at radius 1 is 1.21 bits per heavy atom. The van der Waals surface area contributed by atoms with Crippen LogP contribution in [0.25, 0.3) is 0 Å². The lowest BCUT2D eigenvalue weighted by Crippen LogP contribution is -2.48. The van der Waals surface area contributed by atoms with Crippen LogP contribution in [0.4, 0.5) is 4.39 Å². The molecule has 2 amide bonds. The summed E-state index contributed by atoms with van der Waals surface area (Å²) < 4.78 is 13.3. The molecule has 0 radical (unpaired) electrons. The summed E-state index contributed by atoms with van der Waals surface area (Å²) in [6.45, 7) is 2.81. The van der Waals surface area contributed by atoms with E-state index < -0.39 is 17.2 Å².